The van der Waals surface area contributed by atoms with E-state index in [1.807, 2.05) is 48.5 Å². The maximum Gasteiger partial charge on any atom is 0.337 e. The number of hydrogen-bond acceptors (Lipinski definition) is 3. The maximum atomic E-state index is 11.8. The molecule has 3 aromatic rings. The second kappa shape index (κ2) is 8.23. The average Bonchev–Trinajstić information content (AvgIpc) is 3.16. The molecule has 3 aromatic carbocycles. The van der Waals surface area contributed by atoms with Crippen LogP contribution < -0.4 is 0 Å². The lowest BCUT2D eigenvalue weighted by molar-refractivity contribution is 0.0600. The molecule has 160 valence electrons. The number of carbonyl (C=O) groups is 1. The molecule has 5 rings (SSSR count). The number of carbonyl (C=O) groups excluding carboxylic acids is 1. The van der Waals surface area contributed by atoms with Crippen LogP contribution in [-0.4, -0.2) is 19.3 Å². The first kappa shape index (κ1) is 21.0. The van der Waals surface area contributed by atoms with Crippen molar-refractivity contribution in [3.8, 4) is 0 Å². The second-order valence-corrected chi connectivity index (χ2v) is 9.11. The third-order valence-electron chi connectivity index (χ3n) is 6.46. The van der Waals surface area contributed by atoms with E-state index in [2.05, 4.69) is 30.5 Å². The number of aliphatic imine (C=N–C) groups is 1. The van der Waals surface area contributed by atoms with Crippen molar-refractivity contribution in [3.05, 3.63) is 105 Å². The Kier molecular flexibility index (Phi) is 5.40. The van der Waals surface area contributed by atoms with Crippen molar-refractivity contribution < 1.29 is 9.53 Å². The summed E-state index contributed by atoms with van der Waals surface area (Å²) in [6.45, 7) is 0. The molecule has 1 heterocycles. The van der Waals surface area contributed by atoms with Crippen molar-refractivity contribution in [1.82, 2.24) is 0 Å². The predicted octanol–water partition coefficient (Wildman–Crippen LogP) is 7.39. The topological polar surface area (TPSA) is 38.7 Å². The zero-order chi connectivity index (χ0) is 22.3. The minimum atomic E-state index is -0.390. The summed E-state index contributed by atoms with van der Waals surface area (Å²) in [6.07, 6.45) is 6.24. The van der Waals surface area contributed by atoms with Gasteiger partial charge in [-0.25, -0.2) is 4.79 Å². The zero-order valence-electron chi connectivity index (χ0n) is 17.5. The smallest absolute Gasteiger partial charge is 0.337 e. The molecule has 2 aliphatic rings. The summed E-state index contributed by atoms with van der Waals surface area (Å²) in [4.78, 5) is 16.6. The predicted molar refractivity (Wildman–Crippen MR) is 130 cm³/mol. The van der Waals surface area contributed by atoms with Crippen LogP contribution in [-0.2, 0) is 10.2 Å². The van der Waals surface area contributed by atoms with Crippen molar-refractivity contribution in [2.45, 2.75) is 24.2 Å². The second-order valence-electron chi connectivity index (χ2n) is 8.24. The molecule has 0 radical (unpaired) electrons. The highest BCUT2D eigenvalue weighted by Gasteiger charge is 2.45. The summed E-state index contributed by atoms with van der Waals surface area (Å²) >= 11 is 12.6. The van der Waals surface area contributed by atoms with Gasteiger partial charge >= 0.3 is 5.97 Å². The summed E-state index contributed by atoms with van der Waals surface area (Å²) in [7, 11) is 1.39. The SMILES string of the molecule is COC(=O)c1ccc(C2=C[C@]3(C=Nc4cc(Cl)ccc43)[C@H](c3cccc(Cl)c3)CC2)cc1. The van der Waals surface area contributed by atoms with Gasteiger partial charge in [-0.05, 0) is 71.5 Å². The fourth-order valence-electron chi connectivity index (χ4n) is 4.95. The first-order valence-electron chi connectivity index (χ1n) is 10.5. The molecule has 2 atom stereocenters. The van der Waals surface area contributed by atoms with Gasteiger partial charge in [0.15, 0.2) is 0 Å². The number of methoxy groups -OCH3 is 1. The van der Waals surface area contributed by atoms with Crippen LogP contribution in [0.3, 0.4) is 0 Å². The molecule has 0 saturated carbocycles. The number of halogens is 2. The Morgan fingerprint density at radius 1 is 1.03 bits per heavy atom. The fourth-order valence-corrected chi connectivity index (χ4v) is 5.31. The van der Waals surface area contributed by atoms with Crippen LogP contribution in [0.1, 0.15) is 45.8 Å². The normalized spacial score (nSPS) is 21.3. The molecular formula is C27H21Cl2NO2. The van der Waals surface area contributed by atoms with Crippen LogP contribution in [0.25, 0.3) is 5.57 Å². The lowest BCUT2D eigenvalue weighted by atomic mass is 9.63. The number of allylic oxidation sites excluding steroid dienone is 2. The first-order chi connectivity index (χ1) is 15.5. The van der Waals surface area contributed by atoms with Gasteiger partial charge in [0.2, 0.25) is 0 Å². The largest absolute Gasteiger partial charge is 0.465 e. The standard InChI is InChI=1S/C27H21Cl2NO2/c1-32-26(31)18-7-5-17(6-8-18)20-9-11-23(19-3-2-4-21(28)13-19)27(15-20)16-30-25-14-22(29)10-12-24(25)27/h2-8,10,12-16,23H,9,11H2,1H3/t23-,27-/m0/s1. The van der Waals surface area contributed by atoms with Crippen LogP contribution in [0.5, 0.6) is 0 Å². The van der Waals surface area contributed by atoms with Crippen molar-refractivity contribution in [2.75, 3.05) is 7.11 Å². The Morgan fingerprint density at radius 3 is 2.56 bits per heavy atom. The molecule has 5 heteroatoms. The van der Waals surface area contributed by atoms with Crippen LogP contribution in [0.15, 0.2) is 77.8 Å². The summed E-state index contributed by atoms with van der Waals surface area (Å²) in [5.41, 5.74) is 5.73. The number of rotatable bonds is 3. The minimum Gasteiger partial charge on any atom is -0.465 e. The number of nitrogens with zero attached hydrogens (tertiary/aromatic N) is 1. The summed E-state index contributed by atoms with van der Waals surface area (Å²) in [5.74, 6) is -0.133. The third kappa shape index (κ3) is 3.56. The van der Waals surface area contributed by atoms with Crippen molar-refractivity contribution in [3.63, 3.8) is 0 Å². The van der Waals surface area contributed by atoms with E-state index in [-0.39, 0.29) is 17.3 Å². The van der Waals surface area contributed by atoms with Crippen molar-refractivity contribution in [2.24, 2.45) is 4.99 Å². The molecular weight excluding hydrogens is 441 g/mol. The van der Waals surface area contributed by atoms with E-state index >= 15 is 0 Å². The molecule has 0 aromatic heterocycles. The van der Waals surface area contributed by atoms with Crippen molar-refractivity contribution >= 4 is 46.6 Å². The van der Waals surface area contributed by atoms with Gasteiger partial charge in [0.25, 0.3) is 0 Å². The zero-order valence-corrected chi connectivity index (χ0v) is 19.0. The van der Waals surface area contributed by atoms with Crippen LogP contribution in [0.2, 0.25) is 10.0 Å². The molecule has 1 aliphatic carbocycles. The van der Waals surface area contributed by atoms with E-state index in [1.54, 1.807) is 0 Å². The molecule has 0 N–H and O–H groups in total. The Hall–Kier alpha value is -2.88. The van der Waals surface area contributed by atoms with Gasteiger partial charge in [-0.1, -0.05) is 59.6 Å². The molecule has 3 nitrogen and oxygen atoms in total. The number of ether oxygens (including phenoxy) is 1. The quantitative estimate of drug-likeness (QED) is 0.381. The minimum absolute atomic E-state index is 0.200. The number of hydrogen-bond donors (Lipinski definition) is 0. The number of benzene rings is 3. The van der Waals surface area contributed by atoms with Crippen LogP contribution in [0, 0.1) is 0 Å². The maximum absolute atomic E-state index is 11.8. The average molecular weight is 462 g/mol. The van der Waals surface area contributed by atoms with Gasteiger partial charge in [-0.2, -0.15) is 0 Å². The van der Waals surface area contributed by atoms with Gasteiger partial charge in [-0.3, -0.25) is 4.99 Å². The highest BCUT2D eigenvalue weighted by molar-refractivity contribution is 6.31. The summed E-state index contributed by atoms with van der Waals surface area (Å²) in [5, 5.41) is 1.41. The van der Waals surface area contributed by atoms with E-state index in [0.717, 1.165) is 34.7 Å². The molecule has 1 spiro atoms. The lowest BCUT2D eigenvalue weighted by Crippen LogP contribution is -2.34. The van der Waals surface area contributed by atoms with Gasteiger partial charge < -0.3 is 4.74 Å². The van der Waals surface area contributed by atoms with E-state index in [1.165, 1.54) is 18.2 Å². The molecule has 0 saturated heterocycles. The summed E-state index contributed by atoms with van der Waals surface area (Å²) < 4.78 is 4.83. The third-order valence-corrected chi connectivity index (χ3v) is 6.93. The van der Waals surface area contributed by atoms with Crippen LogP contribution >= 0.6 is 23.2 Å². The Labute approximate surface area is 197 Å². The first-order valence-corrected chi connectivity index (χ1v) is 11.3. The Balaban J connectivity index is 1.63. The van der Waals surface area contributed by atoms with Crippen molar-refractivity contribution in [1.29, 1.82) is 0 Å². The van der Waals surface area contributed by atoms with E-state index < -0.39 is 0 Å². The van der Waals surface area contributed by atoms with Gasteiger partial charge in [0, 0.05) is 22.2 Å². The highest BCUT2D eigenvalue weighted by atomic mass is 35.5. The van der Waals surface area contributed by atoms with E-state index in [9.17, 15) is 4.79 Å². The molecule has 0 unspecified atom stereocenters. The lowest BCUT2D eigenvalue weighted by Gasteiger charge is -2.39. The highest BCUT2D eigenvalue weighted by Crippen LogP contribution is 2.54. The molecule has 0 amide bonds. The number of esters is 1. The fraction of sp³-hybridized carbons (Fsp3) is 0.185. The molecule has 0 fully saturated rings. The van der Waals surface area contributed by atoms with E-state index in [0.29, 0.717) is 10.6 Å². The summed E-state index contributed by atoms with van der Waals surface area (Å²) in [6, 6.07) is 21.6. The van der Waals surface area contributed by atoms with E-state index in [4.69, 9.17) is 32.9 Å². The Bertz CT molecular complexity index is 1260. The molecule has 32 heavy (non-hydrogen) atoms. The monoisotopic (exact) mass is 461 g/mol. The Morgan fingerprint density at radius 2 is 1.81 bits per heavy atom. The van der Waals surface area contributed by atoms with Gasteiger partial charge in [0.05, 0.1) is 23.8 Å². The molecule has 0 bridgehead atoms. The van der Waals surface area contributed by atoms with Gasteiger partial charge in [0.1, 0.15) is 0 Å². The van der Waals surface area contributed by atoms with Crippen LogP contribution in [0.4, 0.5) is 5.69 Å². The van der Waals surface area contributed by atoms with Gasteiger partial charge in [-0.15, -0.1) is 0 Å². The number of fused-ring (bicyclic) bond motifs is 2. The molecule has 1 aliphatic heterocycles.